The molecule has 1 aromatic heterocycles. The summed E-state index contributed by atoms with van der Waals surface area (Å²) in [4.78, 5) is 4.10. The normalized spacial score (nSPS) is 23.2. The Morgan fingerprint density at radius 3 is 2.72 bits per heavy atom. The zero-order chi connectivity index (χ0) is 13.4. The third kappa shape index (κ3) is 3.30. The third-order valence-corrected chi connectivity index (χ3v) is 5.20. The molecule has 1 aliphatic carbocycles. The number of halogens is 1. The molecule has 1 aromatic rings. The minimum Gasteiger partial charge on any atom is -0.262 e. The molecule has 18 heavy (non-hydrogen) atoms. The van der Waals surface area contributed by atoms with Crippen LogP contribution in [0.4, 0.5) is 0 Å². The average molecular weight is 333 g/mol. The van der Waals surface area contributed by atoms with Gasteiger partial charge in [0.05, 0.1) is 0 Å². The van der Waals surface area contributed by atoms with Crippen LogP contribution in [0.5, 0.6) is 0 Å². The molecule has 100 valence electrons. The van der Waals surface area contributed by atoms with Gasteiger partial charge in [0.15, 0.2) is 0 Å². The molecule has 1 N–H and O–H groups in total. The van der Waals surface area contributed by atoms with Crippen molar-refractivity contribution in [2.24, 2.45) is 5.41 Å². The molecule has 4 nitrogen and oxygen atoms in total. The van der Waals surface area contributed by atoms with Crippen LogP contribution in [0.1, 0.15) is 33.1 Å². The second kappa shape index (κ2) is 4.90. The maximum atomic E-state index is 12.2. The van der Waals surface area contributed by atoms with Gasteiger partial charge in [-0.3, -0.25) is 4.98 Å². The van der Waals surface area contributed by atoms with Crippen molar-refractivity contribution < 1.29 is 8.42 Å². The lowest BCUT2D eigenvalue weighted by atomic mass is 9.92. The first-order chi connectivity index (χ1) is 8.28. The summed E-state index contributed by atoms with van der Waals surface area (Å²) in [5, 5.41) is 0. The van der Waals surface area contributed by atoms with Crippen molar-refractivity contribution in [1.29, 1.82) is 0 Å². The fourth-order valence-corrected chi connectivity index (χ4v) is 4.14. The fraction of sp³-hybridized carbons (Fsp3) is 0.583. The van der Waals surface area contributed by atoms with Crippen LogP contribution in [0.15, 0.2) is 27.8 Å². The fourth-order valence-electron chi connectivity index (χ4n) is 2.36. The van der Waals surface area contributed by atoms with E-state index in [1.165, 1.54) is 6.20 Å². The molecule has 0 aromatic carbocycles. The summed E-state index contributed by atoms with van der Waals surface area (Å²) in [5.41, 5.74) is 0.225. The zero-order valence-corrected chi connectivity index (χ0v) is 12.9. The lowest BCUT2D eigenvalue weighted by Crippen LogP contribution is -2.33. The summed E-state index contributed by atoms with van der Waals surface area (Å²) in [7, 11) is -3.46. The van der Waals surface area contributed by atoms with Crippen molar-refractivity contribution in [1.82, 2.24) is 9.71 Å². The van der Waals surface area contributed by atoms with Gasteiger partial charge in [-0.25, -0.2) is 13.1 Å². The Hall–Kier alpha value is -0.460. The maximum Gasteiger partial charge on any atom is 0.242 e. The number of nitrogens with one attached hydrogen (secondary N) is 1. The average Bonchev–Trinajstić information content (AvgIpc) is 2.57. The third-order valence-electron chi connectivity index (χ3n) is 3.28. The zero-order valence-electron chi connectivity index (χ0n) is 10.5. The lowest BCUT2D eigenvalue weighted by Gasteiger charge is -2.17. The summed E-state index contributed by atoms with van der Waals surface area (Å²) >= 11 is 3.23. The van der Waals surface area contributed by atoms with Crippen molar-refractivity contribution in [2.75, 3.05) is 0 Å². The van der Waals surface area contributed by atoms with Gasteiger partial charge < -0.3 is 0 Å². The first kappa shape index (κ1) is 14.0. The van der Waals surface area contributed by atoms with Gasteiger partial charge in [-0.1, -0.05) is 13.8 Å². The molecule has 0 saturated heterocycles. The van der Waals surface area contributed by atoms with Crippen LogP contribution >= 0.6 is 15.9 Å². The van der Waals surface area contributed by atoms with Crippen LogP contribution in [0, 0.1) is 5.41 Å². The number of nitrogens with zero attached hydrogens (tertiary/aromatic N) is 1. The van der Waals surface area contributed by atoms with E-state index in [1.54, 1.807) is 12.3 Å². The van der Waals surface area contributed by atoms with E-state index in [4.69, 9.17) is 0 Å². The minimum atomic E-state index is -3.46. The van der Waals surface area contributed by atoms with Crippen LogP contribution in [0.2, 0.25) is 0 Å². The summed E-state index contributed by atoms with van der Waals surface area (Å²) in [6.45, 7) is 4.34. The summed E-state index contributed by atoms with van der Waals surface area (Å²) in [6, 6.07) is 1.60. The highest BCUT2D eigenvalue weighted by atomic mass is 79.9. The topological polar surface area (TPSA) is 59.1 Å². The van der Waals surface area contributed by atoms with Gasteiger partial charge in [0.1, 0.15) is 4.90 Å². The Kier molecular flexibility index (Phi) is 3.80. The number of sulfonamides is 1. The van der Waals surface area contributed by atoms with E-state index < -0.39 is 10.0 Å². The first-order valence-electron chi connectivity index (χ1n) is 5.91. The molecule has 0 spiro atoms. The standard InChI is InChI=1S/C12H17BrN2O2S/c1-12(2)4-3-10(6-12)15-18(16,17)11-5-9(13)7-14-8-11/h5,7-8,10,15H,3-4,6H2,1-2H3. The van der Waals surface area contributed by atoms with Crippen LogP contribution in [-0.2, 0) is 10.0 Å². The quantitative estimate of drug-likeness (QED) is 0.925. The van der Waals surface area contributed by atoms with E-state index in [9.17, 15) is 8.42 Å². The maximum absolute atomic E-state index is 12.2. The number of hydrogen-bond donors (Lipinski definition) is 1. The second-order valence-electron chi connectivity index (χ2n) is 5.56. The first-order valence-corrected chi connectivity index (χ1v) is 8.19. The van der Waals surface area contributed by atoms with Crippen molar-refractivity contribution in [3.63, 3.8) is 0 Å². The summed E-state index contributed by atoms with van der Waals surface area (Å²) in [5.74, 6) is 0. The van der Waals surface area contributed by atoms with Gasteiger partial charge in [0.25, 0.3) is 0 Å². The highest BCUT2D eigenvalue weighted by molar-refractivity contribution is 9.10. The molecule has 6 heteroatoms. The van der Waals surface area contributed by atoms with Crippen molar-refractivity contribution in [2.45, 2.75) is 44.0 Å². The molecule has 0 radical (unpaired) electrons. The molecule has 1 atom stereocenters. The van der Waals surface area contributed by atoms with Crippen LogP contribution in [-0.4, -0.2) is 19.4 Å². The smallest absolute Gasteiger partial charge is 0.242 e. The Balaban J connectivity index is 2.14. The predicted octanol–water partition coefficient (Wildman–Crippen LogP) is 2.70. The molecular formula is C12H17BrN2O2S. The van der Waals surface area contributed by atoms with Crippen molar-refractivity contribution in [3.8, 4) is 0 Å². The molecule has 1 saturated carbocycles. The summed E-state index contributed by atoms with van der Waals surface area (Å²) < 4.78 is 27.8. The van der Waals surface area contributed by atoms with E-state index in [0.717, 1.165) is 19.3 Å². The van der Waals surface area contributed by atoms with E-state index >= 15 is 0 Å². The number of hydrogen-bond acceptors (Lipinski definition) is 3. The molecule has 1 unspecified atom stereocenters. The van der Waals surface area contributed by atoms with E-state index in [1.807, 2.05) is 0 Å². The Morgan fingerprint density at radius 2 is 2.17 bits per heavy atom. The highest BCUT2D eigenvalue weighted by Gasteiger charge is 2.33. The Morgan fingerprint density at radius 1 is 1.44 bits per heavy atom. The van der Waals surface area contributed by atoms with E-state index in [-0.39, 0.29) is 16.4 Å². The molecule has 1 aliphatic rings. The second-order valence-corrected chi connectivity index (χ2v) is 8.19. The van der Waals surface area contributed by atoms with Crippen LogP contribution in [0.3, 0.4) is 0 Å². The van der Waals surface area contributed by atoms with Crippen molar-refractivity contribution >= 4 is 26.0 Å². The molecule has 0 bridgehead atoms. The van der Waals surface area contributed by atoms with Gasteiger partial charge in [0, 0.05) is 22.9 Å². The van der Waals surface area contributed by atoms with Gasteiger partial charge in [-0.2, -0.15) is 0 Å². The van der Waals surface area contributed by atoms with E-state index in [0.29, 0.717) is 4.47 Å². The van der Waals surface area contributed by atoms with Gasteiger partial charge in [-0.15, -0.1) is 0 Å². The largest absolute Gasteiger partial charge is 0.262 e. The monoisotopic (exact) mass is 332 g/mol. The Bertz CT molecular complexity index is 543. The lowest BCUT2D eigenvalue weighted by molar-refractivity contribution is 0.372. The van der Waals surface area contributed by atoms with Gasteiger partial charge >= 0.3 is 0 Å². The van der Waals surface area contributed by atoms with E-state index in [2.05, 4.69) is 39.5 Å². The molecule has 0 amide bonds. The van der Waals surface area contributed by atoms with Crippen LogP contribution in [0.25, 0.3) is 0 Å². The molecule has 1 heterocycles. The number of pyridine rings is 1. The predicted molar refractivity (Wildman–Crippen MR) is 73.7 cm³/mol. The van der Waals surface area contributed by atoms with Gasteiger partial charge in [0.2, 0.25) is 10.0 Å². The van der Waals surface area contributed by atoms with Crippen LogP contribution < -0.4 is 4.72 Å². The molecule has 0 aliphatic heterocycles. The molecular weight excluding hydrogens is 316 g/mol. The molecule has 1 fully saturated rings. The Labute approximate surface area is 116 Å². The number of aromatic nitrogens is 1. The highest BCUT2D eigenvalue weighted by Crippen LogP contribution is 2.37. The summed E-state index contributed by atoms with van der Waals surface area (Å²) in [6.07, 6.45) is 5.77. The minimum absolute atomic E-state index is 0.0315. The van der Waals surface area contributed by atoms with Gasteiger partial charge in [-0.05, 0) is 46.7 Å². The SMILES string of the molecule is CC1(C)CCC(NS(=O)(=O)c2cncc(Br)c2)C1. The molecule has 2 rings (SSSR count). The number of rotatable bonds is 3. The van der Waals surface area contributed by atoms with Crippen molar-refractivity contribution in [3.05, 3.63) is 22.9 Å².